The Morgan fingerprint density at radius 1 is 1.09 bits per heavy atom. The van der Waals surface area contributed by atoms with Crippen LogP contribution in [0, 0.1) is 0 Å². The maximum absolute atomic E-state index is 11.9. The standard InChI is InChI=1S/C18H21NO3S/c1-21-15-7-5-8-16(12-15)23-13-18(20)19-11-10-14-6-3-4-9-17(14)22-2/h3-9,12H,10-11,13H2,1-2H3,(H,19,20). The molecule has 0 unspecified atom stereocenters. The number of carbonyl (C=O) groups excluding carboxylic acids is 1. The molecule has 0 aromatic heterocycles. The summed E-state index contributed by atoms with van der Waals surface area (Å²) in [6, 6.07) is 15.5. The van der Waals surface area contributed by atoms with E-state index in [1.54, 1.807) is 14.2 Å². The molecule has 1 amide bonds. The molecule has 0 aliphatic rings. The van der Waals surface area contributed by atoms with Crippen molar-refractivity contribution in [3.05, 3.63) is 54.1 Å². The number of methoxy groups -OCH3 is 2. The van der Waals surface area contributed by atoms with Crippen molar-refractivity contribution < 1.29 is 14.3 Å². The van der Waals surface area contributed by atoms with Gasteiger partial charge in [0, 0.05) is 11.4 Å². The number of thioether (sulfide) groups is 1. The van der Waals surface area contributed by atoms with Gasteiger partial charge in [0.05, 0.1) is 20.0 Å². The first kappa shape index (κ1) is 17.2. The molecule has 2 rings (SSSR count). The second-order valence-electron chi connectivity index (χ2n) is 4.88. The summed E-state index contributed by atoms with van der Waals surface area (Å²) in [4.78, 5) is 12.9. The third-order valence-electron chi connectivity index (χ3n) is 3.32. The van der Waals surface area contributed by atoms with Crippen molar-refractivity contribution in [3.63, 3.8) is 0 Å². The van der Waals surface area contributed by atoms with Crippen molar-refractivity contribution in [1.29, 1.82) is 0 Å². The maximum Gasteiger partial charge on any atom is 0.230 e. The number of ether oxygens (including phenoxy) is 2. The Kier molecular flexibility index (Phi) is 6.81. The van der Waals surface area contributed by atoms with Crippen LogP contribution in [0.15, 0.2) is 53.4 Å². The largest absolute Gasteiger partial charge is 0.497 e. The first-order valence-electron chi connectivity index (χ1n) is 7.38. The number of rotatable bonds is 8. The highest BCUT2D eigenvalue weighted by atomic mass is 32.2. The highest BCUT2D eigenvalue weighted by Crippen LogP contribution is 2.22. The van der Waals surface area contributed by atoms with Crippen molar-refractivity contribution >= 4 is 17.7 Å². The van der Waals surface area contributed by atoms with Crippen LogP contribution in [0.4, 0.5) is 0 Å². The quantitative estimate of drug-likeness (QED) is 0.755. The highest BCUT2D eigenvalue weighted by molar-refractivity contribution is 8.00. The molecule has 0 bridgehead atoms. The van der Waals surface area contributed by atoms with Gasteiger partial charge in [-0.25, -0.2) is 0 Å². The van der Waals surface area contributed by atoms with Crippen molar-refractivity contribution in [2.45, 2.75) is 11.3 Å². The van der Waals surface area contributed by atoms with Gasteiger partial charge in [-0.2, -0.15) is 0 Å². The normalized spacial score (nSPS) is 10.2. The Morgan fingerprint density at radius 2 is 1.91 bits per heavy atom. The van der Waals surface area contributed by atoms with Crippen LogP contribution in [-0.2, 0) is 11.2 Å². The van der Waals surface area contributed by atoms with Gasteiger partial charge in [-0.15, -0.1) is 11.8 Å². The summed E-state index contributed by atoms with van der Waals surface area (Å²) in [7, 11) is 3.29. The van der Waals surface area contributed by atoms with Gasteiger partial charge in [0.15, 0.2) is 0 Å². The SMILES string of the molecule is COc1cccc(SCC(=O)NCCc2ccccc2OC)c1. The summed E-state index contributed by atoms with van der Waals surface area (Å²) in [5.74, 6) is 2.06. The van der Waals surface area contributed by atoms with Crippen LogP contribution in [0.5, 0.6) is 11.5 Å². The van der Waals surface area contributed by atoms with E-state index >= 15 is 0 Å². The van der Waals surface area contributed by atoms with E-state index in [0.29, 0.717) is 12.3 Å². The van der Waals surface area contributed by atoms with Gasteiger partial charge in [-0.05, 0) is 36.2 Å². The molecule has 1 N–H and O–H groups in total. The zero-order valence-corrected chi connectivity index (χ0v) is 14.2. The summed E-state index contributed by atoms with van der Waals surface area (Å²) >= 11 is 1.50. The molecule has 122 valence electrons. The topological polar surface area (TPSA) is 47.6 Å². The van der Waals surface area contributed by atoms with Crippen LogP contribution in [0.3, 0.4) is 0 Å². The molecule has 0 heterocycles. The minimum atomic E-state index is 0.0210. The predicted octanol–water partition coefficient (Wildman–Crippen LogP) is 3.15. The molecule has 2 aromatic carbocycles. The summed E-state index contributed by atoms with van der Waals surface area (Å²) in [6.45, 7) is 0.595. The lowest BCUT2D eigenvalue weighted by atomic mass is 10.1. The van der Waals surface area contributed by atoms with E-state index in [1.807, 2.05) is 48.5 Å². The van der Waals surface area contributed by atoms with Crippen LogP contribution in [0.1, 0.15) is 5.56 Å². The van der Waals surface area contributed by atoms with E-state index in [1.165, 1.54) is 11.8 Å². The van der Waals surface area contributed by atoms with Crippen LogP contribution >= 0.6 is 11.8 Å². The van der Waals surface area contributed by atoms with E-state index in [0.717, 1.165) is 28.4 Å². The lowest BCUT2D eigenvalue weighted by Crippen LogP contribution is -2.27. The summed E-state index contributed by atoms with van der Waals surface area (Å²) < 4.78 is 10.5. The number of amides is 1. The first-order chi connectivity index (χ1) is 11.2. The van der Waals surface area contributed by atoms with Crippen LogP contribution < -0.4 is 14.8 Å². The predicted molar refractivity (Wildman–Crippen MR) is 93.4 cm³/mol. The van der Waals surface area contributed by atoms with Crippen molar-refractivity contribution in [2.75, 3.05) is 26.5 Å². The monoisotopic (exact) mass is 331 g/mol. The molecule has 23 heavy (non-hydrogen) atoms. The van der Waals surface area contributed by atoms with Gasteiger partial charge < -0.3 is 14.8 Å². The van der Waals surface area contributed by atoms with Crippen LogP contribution in [-0.4, -0.2) is 32.4 Å². The van der Waals surface area contributed by atoms with E-state index < -0.39 is 0 Å². The molecular weight excluding hydrogens is 310 g/mol. The molecule has 0 aliphatic heterocycles. The van der Waals surface area contributed by atoms with Gasteiger partial charge >= 0.3 is 0 Å². The Hall–Kier alpha value is -2.14. The van der Waals surface area contributed by atoms with Gasteiger partial charge in [-0.3, -0.25) is 4.79 Å². The zero-order chi connectivity index (χ0) is 16.5. The number of hydrogen-bond acceptors (Lipinski definition) is 4. The average Bonchev–Trinajstić information content (AvgIpc) is 2.60. The molecule has 0 atom stereocenters. The summed E-state index contributed by atoms with van der Waals surface area (Å²) in [6.07, 6.45) is 0.750. The first-order valence-corrected chi connectivity index (χ1v) is 8.37. The molecular formula is C18H21NO3S. The second-order valence-corrected chi connectivity index (χ2v) is 5.93. The number of benzene rings is 2. The number of carbonyl (C=O) groups is 1. The van der Waals surface area contributed by atoms with Crippen molar-refractivity contribution in [2.24, 2.45) is 0 Å². The van der Waals surface area contributed by atoms with Crippen LogP contribution in [0.2, 0.25) is 0 Å². The second kappa shape index (κ2) is 9.10. The lowest BCUT2D eigenvalue weighted by Gasteiger charge is -2.09. The van der Waals surface area contributed by atoms with Crippen molar-refractivity contribution in [3.8, 4) is 11.5 Å². The Balaban J connectivity index is 1.74. The van der Waals surface area contributed by atoms with E-state index in [9.17, 15) is 4.79 Å². The maximum atomic E-state index is 11.9. The third kappa shape index (κ3) is 5.53. The van der Waals surface area contributed by atoms with Gasteiger partial charge in [0.25, 0.3) is 0 Å². The van der Waals surface area contributed by atoms with E-state index in [4.69, 9.17) is 9.47 Å². The summed E-state index contributed by atoms with van der Waals surface area (Å²) in [5, 5.41) is 2.93. The number of para-hydroxylation sites is 1. The van der Waals surface area contributed by atoms with Gasteiger partial charge in [0.1, 0.15) is 11.5 Å². The average molecular weight is 331 g/mol. The molecule has 0 spiro atoms. The Bertz CT molecular complexity index is 646. The molecule has 2 aromatic rings. The van der Waals surface area contributed by atoms with E-state index in [-0.39, 0.29) is 5.91 Å². The molecule has 0 saturated heterocycles. The fourth-order valence-electron chi connectivity index (χ4n) is 2.14. The Labute approximate surface area is 141 Å². The smallest absolute Gasteiger partial charge is 0.230 e. The molecule has 0 aliphatic carbocycles. The number of hydrogen-bond donors (Lipinski definition) is 1. The van der Waals surface area contributed by atoms with Crippen LogP contribution in [0.25, 0.3) is 0 Å². The lowest BCUT2D eigenvalue weighted by molar-refractivity contribution is -0.118. The Morgan fingerprint density at radius 3 is 2.70 bits per heavy atom. The fourth-order valence-corrected chi connectivity index (χ4v) is 2.91. The van der Waals surface area contributed by atoms with Gasteiger partial charge in [-0.1, -0.05) is 24.3 Å². The highest BCUT2D eigenvalue weighted by Gasteiger charge is 2.05. The number of nitrogens with one attached hydrogen (secondary N) is 1. The zero-order valence-electron chi connectivity index (χ0n) is 13.4. The van der Waals surface area contributed by atoms with E-state index in [2.05, 4.69) is 5.32 Å². The fraction of sp³-hybridized carbons (Fsp3) is 0.278. The molecule has 0 saturated carbocycles. The molecule has 0 radical (unpaired) electrons. The minimum absolute atomic E-state index is 0.0210. The molecule has 4 nitrogen and oxygen atoms in total. The third-order valence-corrected chi connectivity index (χ3v) is 4.31. The van der Waals surface area contributed by atoms with Crippen molar-refractivity contribution in [1.82, 2.24) is 5.32 Å². The summed E-state index contributed by atoms with van der Waals surface area (Å²) in [5.41, 5.74) is 1.09. The molecule has 0 fully saturated rings. The minimum Gasteiger partial charge on any atom is -0.497 e. The molecule has 5 heteroatoms. The van der Waals surface area contributed by atoms with Gasteiger partial charge in [0.2, 0.25) is 5.91 Å².